The Labute approximate surface area is 157 Å². The number of nitrogens with zero attached hydrogens (tertiary/aromatic N) is 2. The fourth-order valence-electron chi connectivity index (χ4n) is 4.74. The lowest BCUT2D eigenvalue weighted by Gasteiger charge is -2.51. The summed E-state index contributed by atoms with van der Waals surface area (Å²) in [6.45, 7) is 1.77. The van der Waals surface area contributed by atoms with Crippen molar-refractivity contribution in [2.45, 2.75) is 23.9 Å². The molecule has 0 saturated heterocycles. The van der Waals surface area contributed by atoms with Crippen molar-refractivity contribution < 1.29 is 0 Å². The molecule has 2 N–H and O–H groups in total. The van der Waals surface area contributed by atoms with Crippen LogP contribution >= 0.6 is 0 Å². The van der Waals surface area contributed by atoms with Crippen LogP contribution in [0.5, 0.6) is 0 Å². The predicted octanol–water partition coefficient (Wildman–Crippen LogP) is 2.23. The molecule has 0 heterocycles. The monoisotopic (exact) mass is 350 g/mol. The van der Waals surface area contributed by atoms with E-state index in [0.29, 0.717) is 23.9 Å². The van der Waals surface area contributed by atoms with Crippen molar-refractivity contribution >= 4 is 0 Å². The molecule has 138 valence electrons. The maximum atomic E-state index is 3.85. The second-order valence-corrected chi connectivity index (χ2v) is 8.15. The zero-order chi connectivity index (χ0) is 18.3. The summed E-state index contributed by atoms with van der Waals surface area (Å²) in [5.74, 6) is 0.791. The van der Waals surface area contributed by atoms with Crippen LogP contribution in [0, 0.1) is 0 Å². The van der Waals surface area contributed by atoms with Gasteiger partial charge in [-0.05, 0) is 50.4 Å². The van der Waals surface area contributed by atoms with Crippen molar-refractivity contribution in [2.24, 2.45) is 0 Å². The number of nitrogens with one attached hydrogen (secondary N) is 2. The van der Waals surface area contributed by atoms with E-state index in [0.717, 1.165) is 13.3 Å². The Morgan fingerprint density at radius 1 is 0.615 bits per heavy atom. The maximum Gasteiger partial charge on any atom is 0.0477 e. The second kappa shape index (κ2) is 7.12. The summed E-state index contributed by atoms with van der Waals surface area (Å²) < 4.78 is 0. The summed E-state index contributed by atoms with van der Waals surface area (Å²) in [7, 11) is 8.49. The first-order valence-corrected chi connectivity index (χ1v) is 9.52. The highest BCUT2D eigenvalue weighted by Gasteiger charge is 2.49. The molecule has 2 aromatic rings. The summed E-state index contributed by atoms with van der Waals surface area (Å²) in [5, 5.41) is 7.71. The lowest BCUT2D eigenvalue weighted by atomic mass is 9.59. The van der Waals surface area contributed by atoms with E-state index in [2.05, 4.69) is 97.2 Å². The lowest BCUT2D eigenvalue weighted by Crippen LogP contribution is -2.61. The van der Waals surface area contributed by atoms with E-state index in [4.69, 9.17) is 0 Å². The number of rotatable bonds is 6. The quantitative estimate of drug-likeness (QED) is 0.782. The maximum absolute atomic E-state index is 3.85. The van der Waals surface area contributed by atoms with Gasteiger partial charge in [0.2, 0.25) is 0 Å². The molecular formula is C22H30N4. The molecule has 0 radical (unpaired) electrons. The number of benzene rings is 2. The van der Waals surface area contributed by atoms with E-state index in [9.17, 15) is 0 Å². The molecule has 5 rings (SSSR count). The Balaban J connectivity index is 1.80. The highest BCUT2D eigenvalue weighted by atomic mass is 15.2. The van der Waals surface area contributed by atoms with Crippen molar-refractivity contribution in [1.29, 1.82) is 0 Å². The summed E-state index contributed by atoms with van der Waals surface area (Å²) in [6, 6.07) is 18.8. The van der Waals surface area contributed by atoms with E-state index >= 15 is 0 Å². The Bertz CT molecular complexity index is 659. The van der Waals surface area contributed by atoms with Crippen LogP contribution in [0.1, 0.15) is 34.1 Å². The zero-order valence-electron chi connectivity index (χ0n) is 16.2. The van der Waals surface area contributed by atoms with Gasteiger partial charge in [0.15, 0.2) is 0 Å². The summed E-state index contributed by atoms with van der Waals surface area (Å²) in [5.41, 5.74) is 5.98. The van der Waals surface area contributed by atoms with Gasteiger partial charge in [0.05, 0.1) is 0 Å². The van der Waals surface area contributed by atoms with Crippen molar-refractivity contribution in [1.82, 2.24) is 20.4 Å². The molecule has 2 bridgehead atoms. The van der Waals surface area contributed by atoms with Gasteiger partial charge in [-0.1, -0.05) is 48.5 Å². The molecule has 0 aliphatic heterocycles. The molecule has 0 amide bonds. The Morgan fingerprint density at radius 3 is 1.19 bits per heavy atom. The molecule has 0 aromatic heterocycles. The summed E-state index contributed by atoms with van der Waals surface area (Å²) >= 11 is 0. The molecular weight excluding hydrogens is 320 g/mol. The van der Waals surface area contributed by atoms with E-state index < -0.39 is 0 Å². The van der Waals surface area contributed by atoms with Crippen molar-refractivity contribution in [2.75, 3.05) is 41.5 Å². The van der Waals surface area contributed by atoms with Crippen LogP contribution < -0.4 is 10.6 Å². The molecule has 0 unspecified atom stereocenters. The van der Waals surface area contributed by atoms with Gasteiger partial charge in [-0.2, -0.15) is 0 Å². The average Bonchev–Trinajstić information content (AvgIpc) is 2.64. The molecule has 0 saturated carbocycles. The van der Waals surface area contributed by atoms with Crippen LogP contribution in [0.15, 0.2) is 48.5 Å². The van der Waals surface area contributed by atoms with Gasteiger partial charge >= 0.3 is 0 Å². The standard InChI is InChI=1S/C22H30N4/c1-25(2)13-23-21-19-15-9-5-7-11-17(15)20(22(21)24-14-26(3)4)18-12-8-6-10-16(18)19/h5-12,19-24H,13-14H2,1-4H3/t19?,20?,21-,22-/m1/s1. The molecule has 0 spiro atoms. The zero-order valence-corrected chi connectivity index (χ0v) is 16.2. The number of hydrogen-bond acceptors (Lipinski definition) is 4. The van der Waals surface area contributed by atoms with Gasteiger partial charge in [-0.25, -0.2) is 0 Å². The molecule has 4 heteroatoms. The lowest BCUT2D eigenvalue weighted by molar-refractivity contribution is 0.220. The highest BCUT2D eigenvalue weighted by molar-refractivity contribution is 5.58. The van der Waals surface area contributed by atoms with Crippen molar-refractivity contribution in [3.63, 3.8) is 0 Å². The molecule has 3 aliphatic carbocycles. The third-order valence-electron chi connectivity index (χ3n) is 5.72. The summed E-state index contributed by atoms with van der Waals surface area (Å²) in [6.07, 6.45) is 0. The predicted molar refractivity (Wildman–Crippen MR) is 108 cm³/mol. The minimum absolute atomic E-state index is 0.382. The normalized spacial score (nSPS) is 26.2. The minimum Gasteiger partial charge on any atom is -0.299 e. The molecule has 4 nitrogen and oxygen atoms in total. The molecule has 26 heavy (non-hydrogen) atoms. The van der Waals surface area contributed by atoms with Crippen LogP contribution in [0.2, 0.25) is 0 Å². The number of hydrogen-bond donors (Lipinski definition) is 2. The van der Waals surface area contributed by atoms with Crippen molar-refractivity contribution in [3.05, 3.63) is 70.8 Å². The van der Waals surface area contributed by atoms with Crippen LogP contribution in [0.25, 0.3) is 0 Å². The van der Waals surface area contributed by atoms with E-state index in [1.54, 1.807) is 0 Å². The van der Waals surface area contributed by atoms with Gasteiger partial charge < -0.3 is 0 Å². The largest absolute Gasteiger partial charge is 0.299 e. The van der Waals surface area contributed by atoms with Crippen LogP contribution in [0.4, 0.5) is 0 Å². The Morgan fingerprint density at radius 2 is 0.923 bits per heavy atom. The van der Waals surface area contributed by atoms with Gasteiger partial charge in [-0.3, -0.25) is 20.4 Å². The first-order valence-electron chi connectivity index (χ1n) is 9.52. The van der Waals surface area contributed by atoms with E-state index in [-0.39, 0.29) is 0 Å². The molecule has 2 aromatic carbocycles. The van der Waals surface area contributed by atoms with Gasteiger partial charge in [0, 0.05) is 37.3 Å². The molecule has 2 atom stereocenters. The molecule has 3 aliphatic rings. The topological polar surface area (TPSA) is 30.5 Å². The van der Waals surface area contributed by atoms with Gasteiger partial charge in [0.1, 0.15) is 0 Å². The fourth-order valence-corrected chi connectivity index (χ4v) is 4.74. The van der Waals surface area contributed by atoms with Gasteiger partial charge in [0.25, 0.3) is 0 Å². The van der Waals surface area contributed by atoms with Crippen LogP contribution in [0.3, 0.4) is 0 Å². The number of fused-ring (bicyclic) bond motifs is 1. The minimum atomic E-state index is 0.382. The second-order valence-electron chi connectivity index (χ2n) is 8.15. The third kappa shape index (κ3) is 2.97. The van der Waals surface area contributed by atoms with E-state index in [1.165, 1.54) is 22.3 Å². The average molecular weight is 351 g/mol. The summed E-state index contributed by atoms with van der Waals surface area (Å²) in [4.78, 5) is 4.42. The Hall–Kier alpha value is -1.72. The molecule has 0 fully saturated rings. The highest BCUT2D eigenvalue weighted by Crippen LogP contribution is 2.52. The third-order valence-corrected chi connectivity index (χ3v) is 5.72. The van der Waals surface area contributed by atoms with Crippen LogP contribution in [-0.2, 0) is 0 Å². The first kappa shape index (κ1) is 17.7. The smallest absolute Gasteiger partial charge is 0.0477 e. The Kier molecular flexibility index (Phi) is 4.84. The SMILES string of the molecule is CN(C)CN[C@@H]1C2c3ccccc3C(c3ccccc32)[C@H]1NCN(C)C. The van der Waals surface area contributed by atoms with Crippen molar-refractivity contribution in [3.8, 4) is 0 Å². The van der Waals surface area contributed by atoms with E-state index in [1.807, 2.05) is 0 Å². The van der Waals surface area contributed by atoms with Gasteiger partial charge in [-0.15, -0.1) is 0 Å². The van der Waals surface area contributed by atoms with Crippen LogP contribution in [-0.4, -0.2) is 63.4 Å². The first-order chi connectivity index (χ1) is 12.6. The fraction of sp³-hybridized carbons (Fsp3) is 0.455.